The minimum absolute atomic E-state index is 0.407. The molecule has 2 aromatic rings. The van der Waals surface area contributed by atoms with E-state index in [1.807, 2.05) is 18.8 Å². The van der Waals surface area contributed by atoms with Crippen LogP contribution in [0.2, 0.25) is 0 Å². The lowest BCUT2D eigenvalue weighted by molar-refractivity contribution is 0.104. The van der Waals surface area contributed by atoms with Gasteiger partial charge in [0.25, 0.3) is 5.56 Å². The number of allylic oxidation sites excluding steroid dienone is 1. The van der Waals surface area contributed by atoms with E-state index in [-0.39, 0.29) is 0 Å². The first-order valence-electron chi connectivity index (χ1n) is 6.15. The predicted octanol–water partition coefficient (Wildman–Crippen LogP) is 0.923. The molecule has 0 saturated heterocycles. The molecule has 0 aliphatic rings. The molecular formula is C13H13N3O4S. The van der Waals surface area contributed by atoms with Crippen LogP contribution in [0, 0.1) is 6.92 Å². The van der Waals surface area contributed by atoms with Gasteiger partial charge in [-0.15, -0.1) is 0 Å². The third-order valence-corrected chi connectivity index (χ3v) is 3.63. The number of carbonyl (C=O) groups excluding carboxylic acids is 1. The second-order valence-corrected chi connectivity index (χ2v) is 5.18. The standard InChI is InChI=1S/C13H13N3O4S/c1-3-16-7(2)8(6-14-16)4-5-9(17)10-11(18)15-13(20)21-12(10)19/h4-6,19H,3H2,1-2H3,(H,15,18,20). The summed E-state index contributed by atoms with van der Waals surface area (Å²) in [4.78, 5) is 35.8. The van der Waals surface area contributed by atoms with Gasteiger partial charge in [0, 0.05) is 17.8 Å². The van der Waals surface area contributed by atoms with E-state index in [4.69, 9.17) is 0 Å². The van der Waals surface area contributed by atoms with Crippen molar-refractivity contribution in [2.24, 2.45) is 0 Å². The van der Waals surface area contributed by atoms with E-state index in [1.54, 1.807) is 10.9 Å². The maximum absolute atomic E-state index is 12.0. The zero-order valence-corrected chi connectivity index (χ0v) is 12.2. The Hall–Kier alpha value is -2.48. The van der Waals surface area contributed by atoms with Gasteiger partial charge in [0.05, 0.1) is 6.20 Å². The van der Waals surface area contributed by atoms with Gasteiger partial charge in [0.2, 0.25) is 0 Å². The van der Waals surface area contributed by atoms with Gasteiger partial charge >= 0.3 is 4.87 Å². The zero-order valence-electron chi connectivity index (χ0n) is 11.4. The fourth-order valence-electron chi connectivity index (χ4n) is 1.83. The Labute approximate surface area is 123 Å². The van der Waals surface area contributed by atoms with Gasteiger partial charge < -0.3 is 5.11 Å². The summed E-state index contributed by atoms with van der Waals surface area (Å²) >= 11 is 0.407. The van der Waals surface area contributed by atoms with Gasteiger partial charge in [0.15, 0.2) is 10.8 Å². The molecule has 0 aromatic carbocycles. The van der Waals surface area contributed by atoms with Crippen molar-refractivity contribution in [3.8, 4) is 5.06 Å². The van der Waals surface area contributed by atoms with Crippen LogP contribution in [0.3, 0.4) is 0 Å². The summed E-state index contributed by atoms with van der Waals surface area (Å²) in [5, 5.41) is 13.1. The van der Waals surface area contributed by atoms with E-state index in [1.165, 1.54) is 12.2 Å². The van der Waals surface area contributed by atoms with Gasteiger partial charge in [0.1, 0.15) is 5.56 Å². The molecule has 0 saturated carbocycles. The minimum Gasteiger partial charge on any atom is -0.499 e. The topological polar surface area (TPSA) is 105 Å². The fraction of sp³-hybridized carbons (Fsp3) is 0.231. The van der Waals surface area contributed by atoms with Crippen molar-refractivity contribution in [1.29, 1.82) is 0 Å². The quantitative estimate of drug-likeness (QED) is 0.645. The van der Waals surface area contributed by atoms with E-state index in [0.29, 0.717) is 17.9 Å². The molecule has 0 bridgehead atoms. The molecule has 2 heterocycles. The molecule has 0 spiro atoms. The predicted molar refractivity (Wildman–Crippen MR) is 78.9 cm³/mol. The van der Waals surface area contributed by atoms with Crippen LogP contribution in [-0.4, -0.2) is 25.7 Å². The van der Waals surface area contributed by atoms with Crippen LogP contribution in [0.4, 0.5) is 0 Å². The van der Waals surface area contributed by atoms with Gasteiger partial charge in [-0.05, 0) is 37.3 Å². The molecule has 0 atom stereocenters. The summed E-state index contributed by atoms with van der Waals surface area (Å²) in [6.45, 7) is 4.52. The Morgan fingerprint density at radius 3 is 2.81 bits per heavy atom. The molecule has 0 radical (unpaired) electrons. The highest BCUT2D eigenvalue weighted by molar-refractivity contribution is 7.11. The highest BCUT2D eigenvalue weighted by Gasteiger charge is 2.15. The second-order valence-electron chi connectivity index (χ2n) is 4.22. The average Bonchev–Trinajstić information content (AvgIpc) is 2.75. The number of ketones is 1. The zero-order chi connectivity index (χ0) is 15.6. The van der Waals surface area contributed by atoms with Crippen LogP contribution >= 0.6 is 11.3 Å². The third-order valence-electron chi connectivity index (χ3n) is 2.95. The number of carbonyl (C=O) groups is 1. The summed E-state index contributed by atoms with van der Waals surface area (Å²) in [5.41, 5.74) is 0.297. The normalized spacial score (nSPS) is 11.1. The number of nitrogens with one attached hydrogen (secondary N) is 1. The van der Waals surface area contributed by atoms with E-state index in [2.05, 4.69) is 5.10 Å². The minimum atomic E-state index is -0.896. The Morgan fingerprint density at radius 2 is 2.24 bits per heavy atom. The number of rotatable bonds is 4. The smallest absolute Gasteiger partial charge is 0.310 e. The Kier molecular flexibility index (Phi) is 4.18. The molecule has 8 heteroatoms. The van der Waals surface area contributed by atoms with Crippen molar-refractivity contribution < 1.29 is 9.90 Å². The van der Waals surface area contributed by atoms with E-state index < -0.39 is 26.8 Å². The van der Waals surface area contributed by atoms with E-state index in [0.717, 1.165) is 11.3 Å². The molecule has 0 aliphatic heterocycles. The molecule has 21 heavy (non-hydrogen) atoms. The van der Waals surface area contributed by atoms with Gasteiger partial charge in [-0.2, -0.15) is 5.10 Å². The lowest BCUT2D eigenvalue weighted by Gasteiger charge is -1.99. The van der Waals surface area contributed by atoms with Gasteiger partial charge in [-0.25, -0.2) is 0 Å². The lowest BCUT2D eigenvalue weighted by Crippen LogP contribution is -2.22. The van der Waals surface area contributed by atoms with Crippen molar-refractivity contribution in [1.82, 2.24) is 14.8 Å². The van der Waals surface area contributed by atoms with Crippen LogP contribution in [0.5, 0.6) is 5.06 Å². The number of nitrogens with zero attached hydrogens (tertiary/aromatic N) is 2. The number of aromatic amines is 1. The number of hydrogen-bond donors (Lipinski definition) is 2. The molecule has 2 aromatic heterocycles. The molecule has 0 fully saturated rings. The van der Waals surface area contributed by atoms with Gasteiger partial charge in [-0.3, -0.25) is 24.0 Å². The SMILES string of the molecule is CCn1ncc(C=CC(=O)c2c(O)sc(=O)[nH]c2=O)c1C. The molecule has 0 unspecified atom stereocenters. The van der Waals surface area contributed by atoms with Gasteiger partial charge in [-0.1, -0.05) is 0 Å². The summed E-state index contributed by atoms with van der Waals surface area (Å²) in [6.07, 6.45) is 4.30. The monoisotopic (exact) mass is 307 g/mol. The summed E-state index contributed by atoms with van der Waals surface area (Å²) in [5.74, 6) is -0.673. The number of aryl methyl sites for hydroxylation is 1. The van der Waals surface area contributed by atoms with Crippen LogP contribution in [0.15, 0.2) is 21.9 Å². The van der Waals surface area contributed by atoms with E-state index in [9.17, 15) is 19.5 Å². The molecule has 110 valence electrons. The molecule has 0 amide bonds. The van der Waals surface area contributed by atoms with Crippen molar-refractivity contribution in [2.45, 2.75) is 20.4 Å². The summed E-state index contributed by atoms with van der Waals surface area (Å²) < 4.78 is 1.77. The number of H-pyrrole nitrogens is 1. The van der Waals surface area contributed by atoms with Crippen molar-refractivity contribution in [3.63, 3.8) is 0 Å². The van der Waals surface area contributed by atoms with Crippen LogP contribution in [0.1, 0.15) is 28.5 Å². The molecule has 7 nitrogen and oxygen atoms in total. The highest BCUT2D eigenvalue weighted by atomic mass is 32.1. The Bertz CT molecular complexity index is 829. The Balaban J connectivity index is 2.34. The first-order chi connectivity index (χ1) is 9.93. The largest absolute Gasteiger partial charge is 0.499 e. The molecular weight excluding hydrogens is 294 g/mol. The lowest BCUT2D eigenvalue weighted by atomic mass is 10.1. The fourth-order valence-corrected chi connectivity index (χ4v) is 2.44. The number of hydrogen-bond acceptors (Lipinski definition) is 6. The molecule has 2 rings (SSSR count). The van der Waals surface area contributed by atoms with Crippen LogP contribution in [-0.2, 0) is 6.54 Å². The first-order valence-corrected chi connectivity index (χ1v) is 6.97. The second kappa shape index (κ2) is 5.88. The number of aromatic hydroxyl groups is 1. The maximum atomic E-state index is 12.0. The molecule has 0 aliphatic carbocycles. The van der Waals surface area contributed by atoms with Crippen LogP contribution < -0.4 is 10.4 Å². The number of aromatic nitrogens is 3. The summed E-state index contributed by atoms with van der Waals surface area (Å²) in [6, 6.07) is 0. The van der Waals surface area contributed by atoms with Crippen molar-refractivity contribution in [2.75, 3.05) is 0 Å². The maximum Gasteiger partial charge on any atom is 0.310 e. The van der Waals surface area contributed by atoms with Crippen molar-refractivity contribution >= 4 is 23.2 Å². The highest BCUT2D eigenvalue weighted by Crippen LogP contribution is 2.16. The molecule has 2 N–H and O–H groups in total. The first kappa shape index (κ1) is 14.9. The van der Waals surface area contributed by atoms with E-state index >= 15 is 0 Å². The van der Waals surface area contributed by atoms with Crippen LogP contribution in [0.25, 0.3) is 6.08 Å². The Morgan fingerprint density at radius 1 is 1.52 bits per heavy atom. The third kappa shape index (κ3) is 3.00. The summed E-state index contributed by atoms with van der Waals surface area (Å²) in [7, 11) is 0. The average molecular weight is 307 g/mol. The van der Waals surface area contributed by atoms with Crippen molar-refractivity contribution in [3.05, 3.63) is 49.1 Å².